The molecule has 0 radical (unpaired) electrons. The number of hydrogen-bond acceptors (Lipinski definition) is 2. The van der Waals surface area contributed by atoms with E-state index in [0.29, 0.717) is 0 Å². The van der Waals surface area contributed by atoms with E-state index in [1.807, 2.05) is 29.9 Å². The van der Waals surface area contributed by atoms with E-state index in [1.54, 1.807) is 6.33 Å². The maximum atomic E-state index is 12.9. The summed E-state index contributed by atoms with van der Waals surface area (Å²) in [4.78, 5) is 4.14. The van der Waals surface area contributed by atoms with E-state index < -0.39 is 0 Å². The second-order valence-corrected chi connectivity index (χ2v) is 4.37. The molecule has 1 heterocycles. The SMILES string of the molecule is CCNC(Cc1ccc(F)cc1)c1cncn1C. The molecule has 1 atom stereocenters. The highest BCUT2D eigenvalue weighted by Gasteiger charge is 2.14. The zero-order valence-electron chi connectivity index (χ0n) is 10.7. The number of aromatic nitrogens is 2. The van der Waals surface area contributed by atoms with E-state index in [2.05, 4.69) is 17.2 Å². The molecule has 0 amide bonds. The largest absolute Gasteiger partial charge is 0.336 e. The van der Waals surface area contributed by atoms with Crippen LogP contribution in [0, 0.1) is 5.82 Å². The summed E-state index contributed by atoms with van der Waals surface area (Å²) in [7, 11) is 1.98. The molecule has 2 aromatic rings. The van der Waals surface area contributed by atoms with Gasteiger partial charge in [0.2, 0.25) is 0 Å². The average molecular weight is 247 g/mol. The smallest absolute Gasteiger partial charge is 0.123 e. The topological polar surface area (TPSA) is 29.9 Å². The van der Waals surface area contributed by atoms with Crippen LogP contribution in [0.3, 0.4) is 0 Å². The van der Waals surface area contributed by atoms with Crippen LogP contribution in [0.25, 0.3) is 0 Å². The van der Waals surface area contributed by atoms with E-state index in [0.717, 1.165) is 24.2 Å². The standard InChI is InChI=1S/C14H18FN3/c1-3-17-13(14-9-16-10-18(14)2)8-11-4-6-12(15)7-5-11/h4-7,9-10,13,17H,3,8H2,1-2H3. The Hall–Kier alpha value is -1.68. The van der Waals surface area contributed by atoms with Crippen molar-refractivity contribution >= 4 is 0 Å². The van der Waals surface area contributed by atoms with Gasteiger partial charge in [-0.25, -0.2) is 9.37 Å². The average Bonchev–Trinajstić information content (AvgIpc) is 2.78. The lowest BCUT2D eigenvalue weighted by Crippen LogP contribution is -2.24. The maximum absolute atomic E-state index is 12.9. The molecule has 1 aromatic carbocycles. The lowest BCUT2D eigenvalue weighted by Gasteiger charge is -2.18. The highest BCUT2D eigenvalue weighted by Crippen LogP contribution is 2.17. The highest BCUT2D eigenvalue weighted by molar-refractivity contribution is 5.19. The fourth-order valence-corrected chi connectivity index (χ4v) is 2.09. The lowest BCUT2D eigenvalue weighted by atomic mass is 10.0. The van der Waals surface area contributed by atoms with Gasteiger partial charge in [0.1, 0.15) is 5.82 Å². The van der Waals surface area contributed by atoms with Gasteiger partial charge in [0.15, 0.2) is 0 Å². The van der Waals surface area contributed by atoms with Crippen LogP contribution in [-0.4, -0.2) is 16.1 Å². The van der Waals surface area contributed by atoms with Crippen LogP contribution in [-0.2, 0) is 13.5 Å². The van der Waals surface area contributed by atoms with Gasteiger partial charge in [-0.1, -0.05) is 19.1 Å². The van der Waals surface area contributed by atoms with Crippen molar-refractivity contribution in [3.63, 3.8) is 0 Å². The number of likely N-dealkylation sites (N-methyl/N-ethyl adjacent to an activating group) is 1. The van der Waals surface area contributed by atoms with Crippen LogP contribution < -0.4 is 5.32 Å². The zero-order chi connectivity index (χ0) is 13.0. The van der Waals surface area contributed by atoms with Crippen LogP contribution >= 0.6 is 0 Å². The third kappa shape index (κ3) is 2.96. The third-order valence-electron chi connectivity index (χ3n) is 3.01. The van der Waals surface area contributed by atoms with Crippen molar-refractivity contribution in [2.45, 2.75) is 19.4 Å². The molecule has 0 spiro atoms. The predicted octanol–water partition coefficient (Wildman–Crippen LogP) is 2.45. The van der Waals surface area contributed by atoms with Gasteiger partial charge < -0.3 is 9.88 Å². The molecule has 0 bridgehead atoms. The van der Waals surface area contributed by atoms with Crippen LogP contribution in [0.15, 0.2) is 36.8 Å². The number of benzene rings is 1. The van der Waals surface area contributed by atoms with Crippen molar-refractivity contribution in [2.24, 2.45) is 7.05 Å². The number of halogens is 1. The summed E-state index contributed by atoms with van der Waals surface area (Å²) in [5, 5.41) is 3.43. The maximum Gasteiger partial charge on any atom is 0.123 e. The van der Waals surface area contributed by atoms with Crippen molar-refractivity contribution in [1.29, 1.82) is 0 Å². The molecule has 1 N–H and O–H groups in total. The fourth-order valence-electron chi connectivity index (χ4n) is 2.09. The number of rotatable bonds is 5. The van der Waals surface area contributed by atoms with E-state index in [-0.39, 0.29) is 11.9 Å². The van der Waals surface area contributed by atoms with E-state index >= 15 is 0 Å². The van der Waals surface area contributed by atoms with Crippen molar-refractivity contribution in [2.75, 3.05) is 6.54 Å². The summed E-state index contributed by atoms with van der Waals surface area (Å²) in [6.07, 6.45) is 4.49. The van der Waals surface area contributed by atoms with Crippen LogP contribution in [0.2, 0.25) is 0 Å². The van der Waals surface area contributed by atoms with Crippen LogP contribution in [0.4, 0.5) is 4.39 Å². The lowest BCUT2D eigenvalue weighted by molar-refractivity contribution is 0.520. The van der Waals surface area contributed by atoms with Crippen LogP contribution in [0.1, 0.15) is 24.2 Å². The number of hydrogen-bond donors (Lipinski definition) is 1. The van der Waals surface area contributed by atoms with Gasteiger partial charge in [0.05, 0.1) is 18.1 Å². The molecule has 0 aliphatic rings. The van der Waals surface area contributed by atoms with Crippen molar-refractivity contribution in [3.8, 4) is 0 Å². The van der Waals surface area contributed by atoms with Gasteiger partial charge in [-0.05, 0) is 30.7 Å². The third-order valence-corrected chi connectivity index (χ3v) is 3.01. The molecule has 0 aliphatic carbocycles. The van der Waals surface area contributed by atoms with Gasteiger partial charge in [0.25, 0.3) is 0 Å². The molecule has 3 nitrogen and oxygen atoms in total. The molecular weight excluding hydrogens is 229 g/mol. The molecule has 1 unspecified atom stereocenters. The minimum atomic E-state index is -0.195. The second-order valence-electron chi connectivity index (χ2n) is 4.37. The van der Waals surface area contributed by atoms with Gasteiger partial charge in [-0.2, -0.15) is 0 Å². The van der Waals surface area contributed by atoms with Crippen LogP contribution in [0.5, 0.6) is 0 Å². The molecule has 18 heavy (non-hydrogen) atoms. The molecule has 0 saturated heterocycles. The Morgan fingerprint density at radius 1 is 1.33 bits per heavy atom. The van der Waals surface area contributed by atoms with E-state index in [1.165, 1.54) is 12.1 Å². The number of nitrogens with one attached hydrogen (secondary N) is 1. The summed E-state index contributed by atoms with van der Waals surface area (Å²) >= 11 is 0. The van der Waals surface area contributed by atoms with Crippen molar-refractivity contribution in [1.82, 2.24) is 14.9 Å². The quantitative estimate of drug-likeness (QED) is 0.879. The summed E-state index contributed by atoms with van der Waals surface area (Å²) in [6, 6.07) is 6.86. The Labute approximate surface area is 107 Å². The monoisotopic (exact) mass is 247 g/mol. The minimum absolute atomic E-state index is 0.195. The van der Waals surface area contributed by atoms with Crippen molar-refractivity contribution in [3.05, 3.63) is 53.9 Å². The molecule has 1 aromatic heterocycles. The van der Waals surface area contributed by atoms with E-state index in [4.69, 9.17) is 0 Å². The van der Waals surface area contributed by atoms with Gasteiger partial charge in [-0.15, -0.1) is 0 Å². The fraction of sp³-hybridized carbons (Fsp3) is 0.357. The summed E-state index contributed by atoms with van der Waals surface area (Å²) in [5.74, 6) is -0.195. The molecule has 0 aliphatic heterocycles. The predicted molar refractivity (Wildman–Crippen MR) is 69.7 cm³/mol. The Bertz CT molecular complexity index is 490. The van der Waals surface area contributed by atoms with Gasteiger partial charge >= 0.3 is 0 Å². The molecule has 2 rings (SSSR count). The Balaban J connectivity index is 2.16. The molecular formula is C14H18FN3. The molecule has 4 heteroatoms. The Morgan fingerprint density at radius 3 is 2.61 bits per heavy atom. The van der Waals surface area contributed by atoms with Gasteiger partial charge in [-0.3, -0.25) is 0 Å². The zero-order valence-corrected chi connectivity index (χ0v) is 10.7. The normalized spacial score (nSPS) is 12.6. The summed E-state index contributed by atoms with van der Waals surface area (Å²) in [5.41, 5.74) is 2.25. The molecule has 0 saturated carbocycles. The number of aryl methyl sites for hydroxylation is 1. The Kier molecular flexibility index (Phi) is 4.10. The van der Waals surface area contributed by atoms with E-state index in [9.17, 15) is 4.39 Å². The first kappa shape index (κ1) is 12.8. The second kappa shape index (κ2) is 5.78. The minimum Gasteiger partial charge on any atom is -0.336 e. The Morgan fingerprint density at radius 2 is 2.06 bits per heavy atom. The first-order valence-corrected chi connectivity index (χ1v) is 6.14. The number of imidazole rings is 1. The van der Waals surface area contributed by atoms with Crippen molar-refractivity contribution < 1.29 is 4.39 Å². The number of nitrogens with zero attached hydrogens (tertiary/aromatic N) is 2. The molecule has 0 fully saturated rings. The highest BCUT2D eigenvalue weighted by atomic mass is 19.1. The first-order chi connectivity index (χ1) is 8.70. The molecule has 96 valence electrons. The van der Waals surface area contributed by atoms with Gasteiger partial charge in [0, 0.05) is 13.2 Å². The first-order valence-electron chi connectivity index (χ1n) is 6.14. The summed E-state index contributed by atoms with van der Waals surface area (Å²) in [6.45, 7) is 2.96. The summed E-state index contributed by atoms with van der Waals surface area (Å²) < 4.78 is 14.9.